The molecule has 0 aliphatic carbocycles. The van der Waals surface area contributed by atoms with Crippen LogP contribution in [0.1, 0.15) is 50.3 Å². The SMILES string of the molecule is Cn1ccc(C2CCCCCN2S(=O)(=O)N2CCCC2)n1. The summed E-state index contributed by atoms with van der Waals surface area (Å²) >= 11 is 0. The molecule has 7 heteroatoms. The second-order valence-corrected chi connectivity index (χ2v) is 7.89. The molecule has 0 N–H and O–H groups in total. The van der Waals surface area contributed by atoms with E-state index in [0.29, 0.717) is 19.6 Å². The highest BCUT2D eigenvalue weighted by Gasteiger charge is 2.38. The van der Waals surface area contributed by atoms with Gasteiger partial charge in [-0.1, -0.05) is 12.8 Å². The van der Waals surface area contributed by atoms with E-state index < -0.39 is 10.2 Å². The molecule has 0 amide bonds. The average Bonchev–Trinajstić information content (AvgIpc) is 3.06. The fourth-order valence-electron chi connectivity index (χ4n) is 3.33. The molecule has 0 radical (unpaired) electrons. The van der Waals surface area contributed by atoms with Gasteiger partial charge in [-0.2, -0.15) is 22.1 Å². The molecule has 0 aromatic carbocycles. The van der Waals surface area contributed by atoms with Gasteiger partial charge in [0.1, 0.15) is 0 Å². The molecule has 21 heavy (non-hydrogen) atoms. The zero-order valence-corrected chi connectivity index (χ0v) is 13.4. The molecule has 0 saturated carbocycles. The highest BCUT2D eigenvalue weighted by molar-refractivity contribution is 7.86. The lowest BCUT2D eigenvalue weighted by molar-refractivity contribution is 0.293. The Labute approximate surface area is 126 Å². The van der Waals surface area contributed by atoms with Gasteiger partial charge in [-0.3, -0.25) is 4.68 Å². The zero-order chi connectivity index (χ0) is 14.9. The number of hydrogen-bond acceptors (Lipinski definition) is 3. The first-order valence-electron chi connectivity index (χ1n) is 7.85. The summed E-state index contributed by atoms with van der Waals surface area (Å²) in [6.45, 7) is 1.93. The first-order valence-corrected chi connectivity index (χ1v) is 9.25. The average molecular weight is 312 g/mol. The summed E-state index contributed by atoms with van der Waals surface area (Å²) in [5.41, 5.74) is 0.877. The van der Waals surface area contributed by atoms with Crippen molar-refractivity contribution in [3.05, 3.63) is 18.0 Å². The summed E-state index contributed by atoms with van der Waals surface area (Å²) < 4.78 is 31.0. The van der Waals surface area contributed by atoms with Crippen molar-refractivity contribution in [2.24, 2.45) is 7.05 Å². The fourth-order valence-corrected chi connectivity index (χ4v) is 5.24. The van der Waals surface area contributed by atoms with Gasteiger partial charge in [0.2, 0.25) is 0 Å². The fraction of sp³-hybridized carbons (Fsp3) is 0.786. The Morgan fingerprint density at radius 1 is 1.10 bits per heavy atom. The molecule has 1 aromatic heterocycles. The Kier molecular flexibility index (Phi) is 4.33. The van der Waals surface area contributed by atoms with Gasteiger partial charge in [0, 0.05) is 32.9 Å². The highest BCUT2D eigenvalue weighted by Crippen LogP contribution is 2.33. The molecule has 6 nitrogen and oxygen atoms in total. The maximum absolute atomic E-state index is 12.9. The lowest BCUT2D eigenvalue weighted by Crippen LogP contribution is -2.44. The number of aromatic nitrogens is 2. The van der Waals surface area contributed by atoms with Gasteiger partial charge in [0.05, 0.1) is 11.7 Å². The quantitative estimate of drug-likeness (QED) is 0.853. The predicted molar refractivity (Wildman–Crippen MR) is 80.8 cm³/mol. The van der Waals surface area contributed by atoms with Gasteiger partial charge in [0.15, 0.2) is 0 Å². The molecule has 1 aromatic rings. The third kappa shape index (κ3) is 3.00. The first kappa shape index (κ1) is 15.0. The van der Waals surface area contributed by atoms with Crippen molar-refractivity contribution in [2.45, 2.75) is 44.6 Å². The summed E-state index contributed by atoms with van der Waals surface area (Å²) in [7, 11) is -1.48. The van der Waals surface area contributed by atoms with E-state index in [-0.39, 0.29) is 6.04 Å². The maximum Gasteiger partial charge on any atom is 0.282 e. The monoisotopic (exact) mass is 312 g/mol. The van der Waals surface area contributed by atoms with Crippen molar-refractivity contribution in [1.29, 1.82) is 0 Å². The van der Waals surface area contributed by atoms with Crippen LogP contribution in [0, 0.1) is 0 Å². The molecule has 2 aliphatic rings. The van der Waals surface area contributed by atoms with Crippen LogP contribution < -0.4 is 0 Å². The van der Waals surface area contributed by atoms with Crippen LogP contribution in [0.2, 0.25) is 0 Å². The van der Waals surface area contributed by atoms with E-state index in [1.54, 1.807) is 13.3 Å². The molecule has 0 spiro atoms. The number of nitrogens with zero attached hydrogens (tertiary/aromatic N) is 4. The second kappa shape index (κ2) is 6.06. The van der Waals surface area contributed by atoms with Gasteiger partial charge in [-0.05, 0) is 31.7 Å². The minimum absolute atomic E-state index is 0.112. The highest BCUT2D eigenvalue weighted by atomic mass is 32.2. The number of rotatable bonds is 3. The molecular formula is C14H24N4O2S. The van der Waals surface area contributed by atoms with Gasteiger partial charge >= 0.3 is 0 Å². The van der Waals surface area contributed by atoms with Crippen LogP contribution in [0.3, 0.4) is 0 Å². The lowest BCUT2D eigenvalue weighted by atomic mass is 10.1. The van der Waals surface area contributed by atoms with Gasteiger partial charge < -0.3 is 0 Å². The summed E-state index contributed by atoms with van der Waals surface area (Å²) in [6.07, 6.45) is 7.80. The molecule has 3 rings (SSSR count). The molecule has 0 bridgehead atoms. The van der Waals surface area contributed by atoms with Gasteiger partial charge in [-0.25, -0.2) is 0 Å². The topological polar surface area (TPSA) is 58.4 Å². The van der Waals surface area contributed by atoms with Crippen LogP contribution in [-0.2, 0) is 17.3 Å². The third-order valence-electron chi connectivity index (χ3n) is 4.47. The van der Waals surface area contributed by atoms with E-state index in [9.17, 15) is 8.42 Å². The molecule has 2 saturated heterocycles. The molecule has 1 unspecified atom stereocenters. The second-order valence-electron chi connectivity index (χ2n) is 6.00. The van der Waals surface area contributed by atoms with E-state index in [1.165, 1.54) is 0 Å². The van der Waals surface area contributed by atoms with Crippen LogP contribution in [-0.4, -0.2) is 46.4 Å². The Hall–Kier alpha value is -0.920. The van der Waals surface area contributed by atoms with Crippen LogP contribution in [0.25, 0.3) is 0 Å². The van der Waals surface area contributed by atoms with Crippen molar-refractivity contribution in [3.8, 4) is 0 Å². The van der Waals surface area contributed by atoms with E-state index >= 15 is 0 Å². The lowest BCUT2D eigenvalue weighted by Gasteiger charge is -2.31. The van der Waals surface area contributed by atoms with Crippen molar-refractivity contribution in [2.75, 3.05) is 19.6 Å². The third-order valence-corrected chi connectivity index (χ3v) is 6.51. The molecule has 2 aliphatic heterocycles. The Bertz CT molecular complexity index is 578. The summed E-state index contributed by atoms with van der Waals surface area (Å²) in [4.78, 5) is 0. The Morgan fingerprint density at radius 3 is 2.48 bits per heavy atom. The number of aryl methyl sites for hydroxylation is 1. The Balaban J connectivity index is 1.91. The van der Waals surface area contributed by atoms with Gasteiger partial charge in [0.25, 0.3) is 10.2 Å². The van der Waals surface area contributed by atoms with Crippen molar-refractivity contribution in [3.63, 3.8) is 0 Å². The van der Waals surface area contributed by atoms with Crippen LogP contribution in [0.15, 0.2) is 12.3 Å². The van der Waals surface area contributed by atoms with Crippen molar-refractivity contribution in [1.82, 2.24) is 18.4 Å². The van der Waals surface area contributed by atoms with Crippen molar-refractivity contribution < 1.29 is 8.42 Å². The Morgan fingerprint density at radius 2 is 1.81 bits per heavy atom. The minimum atomic E-state index is -3.36. The normalized spacial score (nSPS) is 26.0. The molecular weight excluding hydrogens is 288 g/mol. The smallest absolute Gasteiger partial charge is 0.275 e. The summed E-state index contributed by atoms with van der Waals surface area (Å²) in [6, 6.07) is 1.84. The summed E-state index contributed by atoms with van der Waals surface area (Å²) in [5, 5.41) is 4.46. The van der Waals surface area contributed by atoms with Crippen LogP contribution >= 0.6 is 0 Å². The van der Waals surface area contributed by atoms with Gasteiger partial charge in [-0.15, -0.1) is 0 Å². The predicted octanol–water partition coefficient (Wildman–Crippen LogP) is 1.68. The first-order chi connectivity index (χ1) is 10.1. The van der Waals surface area contributed by atoms with E-state index in [2.05, 4.69) is 5.10 Å². The molecule has 3 heterocycles. The molecule has 1 atom stereocenters. The van der Waals surface area contributed by atoms with E-state index in [1.807, 2.05) is 19.3 Å². The van der Waals surface area contributed by atoms with E-state index in [0.717, 1.165) is 44.2 Å². The minimum Gasteiger partial charge on any atom is -0.275 e. The number of hydrogen-bond donors (Lipinski definition) is 0. The van der Waals surface area contributed by atoms with E-state index in [4.69, 9.17) is 0 Å². The largest absolute Gasteiger partial charge is 0.282 e. The maximum atomic E-state index is 12.9. The molecule has 118 valence electrons. The standard InChI is InChI=1S/C14H24N4O2S/c1-16-12-8-13(15-16)14-7-3-2-4-11-18(14)21(19,20)17-9-5-6-10-17/h8,12,14H,2-7,9-11H2,1H3. The van der Waals surface area contributed by atoms with Crippen molar-refractivity contribution >= 4 is 10.2 Å². The molecule has 2 fully saturated rings. The summed E-state index contributed by atoms with van der Waals surface area (Å²) in [5.74, 6) is 0. The van der Waals surface area contributed by atoms with Crippen LogP contribution in [0.5, 0.6) is 0 Å². The van der Waals surface area contributed by atoms with Crippen LogP contribution in [0.4, 0.5) is 0 Å². The zero-order valence-electron chi connectivity index (χ0n) is 12.6.